The Hall–Kier alpha value is -1.09. The van der Waals surface area contributed by atoms with Gasteiger partial charge in [0.2, 0.25) is 0 Å². The Kier molecular flexibility index (Phi) is 8.98. The minimum atomic E-state index is -0.833. The smallest absolute Gasteiger partial charge is 0.300 e. The van der Waals surface area contributed by atoms with Gasteiger partial charge in [0.1, 0.15) is 0 Å². The van der Waals surface area contributed by atoms with E-state index < -0.39 is 11.6 Å². The van der Waals surface area contributed by atoms with Crippen molar-refractivity contribution in [2.45, 2.75) is 45.6 Å². The van der Waals surface area contributed by atoms with E-state index in [-0.39, 0.29) is 0 Å². The molecule has 3 nitrogen and oxygen atoms in total. The van der Waals surface area contributed by atoms with E-state index >= 15 is 0 Å². The number of carbonyl (C=O) groups is 1. The number of allylic oxidation sites excluding steroid dienone is 2. The van der Waals surface area contributed by atoms with E-state index in [9.17, 15) is 5.11 Å². The van der Waals surface area contributed by atoms with Gasteiger partial charge in [0.15, 0.2) is 0 Å². The molecular weight excluding hydrogens is 192 g/mol. The molecule has 88 valence electrons. The van der Waals surface area contributed by atoms with Gasteiger partial charge < -0.3 is 10.2 Å². The standard InChI is InChI=1S/C10H18O.C2H4O2/c1-5-9(2)7-6-8-10(3,4)11;1-2(3)4/h5,11H,1-2,6-8H2,3-4H3;1H3,(H,3,4). The summed E-state index contributed by atoms with van der Waals surface area (Å²) >= 11 is 0. The third-order valence-corrected chi connectivity index (χ3v) is 1.58. The maximum atomic E-state index is 9.35. The maximum Gasteiger partial charge on any atom is 0.300 e. The molecule has 0 amide bonds. The molecule has 15 heavy (non-hydrogen) atoms. The number of aliphatic hydroxyl groups is 1. The fourth-order valence-electron chi connectivity index (χ4n) is 0.850. The molecule has 0 spiro atoms. The first-order chi connectivity index (χ1) is 6.69. The van der Waals surface area contributed by atoms with Crippen LogP contribution in [0.15, 0.2) is 24.8 Å². The molecule has 0 aromatic heterocycles. The van der Waals surface area contributed by atoms with Crippen LogP contribution in [0.1, 0.15) is 40.0 Å². The van der Waals surface area contributed by atoms with Gasteiger partial charge in [0, 0.05) is 6.92 Å². The van der Waals surface area contributed by atoms with Crippen molar-refractivity contribution >= 4 is 5.97 Å². The van der Waals surface area contributed by atoms with Crippen LogP contribution in [0.25, 0.3) is 0 Å². The summed E-state index contributed by atoms with van der Waals surface area (Å²) in [5.74, 6) is -0.833. The highest BCUT2D eigenvalue weighted by molar-refractivity contribution is 5.62. The molecule has 2 N–H and O–H groups in total. The molecule has 0 aromatic carbocycles. The van der Waals surface area contributed by atoms with Gasteiger partial charge in [-0.1, -0.05) is 24.8 Å². The van der Waals surface area contributed by atoms with Crippen LogP contribution >= 0.6 is 0 Å². The largest absolute Gasteiger partial charge is 0.481 e. The molecule has 0 atom stereocenters. The summed E-state index contributed by atoms with van der Waals surface area (Å²) in [4.78, 5) is 9.00. The Morgan fingerprint density at radius 3 is 2.13 bits per heavy atom. The van der Waals surface area contributed by atoms with E-state index in [1.807, 2.05) is 13.8 Å². The van der Waals surface area contributed by atoms with Crippen molar-refractivity contribution in [2.75, 3.05) is 0 Å². The van der Waals surface area contributed by atoms with Crippen molar-refractivity contribution in [2.24, 2.45) is 0 Å². The number of aliphatic carboxylic acids is 1. The first-order valence-corrected chi connectivity index (χ1v) is 4.91. The lowest BCUT2D eigenvalue weighted by molar-refractivity contribution is -0.134. The van der Waals surface area contributed by atoms with Crippen LogP contribution in [0.5, 0.6) is 0 Å². The molecule has 0 bridgehead atoms. The van der Waals surface area contributed by atoms with E-state index in [1.54, 1.807) is 6.08 Å². The summed E-state index contributed by atoms with van der Waals surface area (Å²) in [5.41, 5.74) is 0.510. The van der Waals surface area contributed by atoms with Crippen molar-refractivity contribution in [1.29, 1.82) is 0 Å². The molecule has 0 aliphatic carbocycles. The molecule has 0 aromatic rings. The second-order valence-corrected chi connectivity index (χ2v) is 4.05. The van der Waals surface area contributed by atoms with Crippen molar-refractivity contribution in [3.63, 3.8) is 0 Å². The molecule has 0 saturated carbocycles. The van der Waals surface area contributed by atoms with Crippen molar-refractivity contribution in [3.05, 3.63) is 24.8 Å². The van der Waals surface area contributed by atoms with E-state index in [1.165, 1.54) is 0 Å². The van der Waals surface area contributed by atoms with Gasteiger partial charge in [0.05, 0.1) is 5.60 Å². The summed E-state index contributed by atoms with van der Waals surface area (Å²) in [7, 11) is 0. The Bertz CT molecular complexity index is 207. The van der Waals surface area contributed by atoms with Gasteiger partial charge in [-0.25, -0.2) is 0 Å². The lowest BCUT2D eigenvalue weighted by Crippen LogP contribution is -2.17. The zero-order valence-corrected chi connectivity index (χ0v) is 9.92. The SMILES string of the molecule is C=CC(=C)CCCC(C)(C)O.CC(=O)O. The first-order valence-electron chi connectivity index (χ1n) is 4.91. The van der Waals surface area contributed by atoms with Gasteiger partial charge in [-0.2, -0.15) is 0 Å². The van der Waals surface area contributed by atoms with Crippen LogP contribution in [-0.2, 0) is 4.79 Å². The zero-order valence-electron chi connectivity index (χ0n) is 9.92. The van der Waals surface area contributed by atoms with Gasteiger partial charge in [-0.3, -0.25) is 4.79 Å². The predicted octanol–water partition coefficient (Wildman–Crippen LogP) is 2.76. The third kappa shape index (κ3) is 24.6. The highest BCUT2D eigenvalue weighted by Crippen LogP contribution is 2.14. The Balaban J connectivity index is 0. The fraction of sp³-hybridized carbons (Fsp3) is 0.583. The van der Waals surface area contributed by atoms with Crippen LogP contribution in [0, 0.1) is 0 Å². The maximum absolute atomic E-state index is 9.35. The molecule has 3 heteroatoms. The molecule has 0 fully saturated rings. The molecule has 0 aliphatic rings. The van der Waals surface area contributed by atoms with Gasteiger partial charge in [-0.15, -0.1) is 0 Å². The zero-order chi connectivity index (χ0) is 12.5. The summed E-state index contributed by atoms with van der Waals surface area (Å²) in [6.07, 6.45) is 4.51. The minimum Gasteiger partial charge on any atom is -0.481 e. The quantitative estimate of drug-likeness (QED) is 0.692. The molecule has 0 rings (SSSR count). The molecule has 0 radical (unpaired) electrons. The fourth-order valence-corrected chi connectivity index (χ4v) is 0.850. The predicted molar refractivity (Wildman–Crippen MR) is 62.8 cm³/mol. The third-order valence-electron chi connectivity index (χ3n) is 1.58. The van der Waals surface area contributed by atoms with E-state index in [0.717, 1.165) is 31.8 Å². The summed E-state index contributed by atoms with van der Waals surface area (Å²) in [5, 5.41) is 16.8. The monoisotopic (exact) mass is 214 g/mol. The van der Waals surface area contributed by atoms with Crippen molar-refractivity contribution in [1.82, 2.24) is 0 Å². The van der Waals surface area contributed by atoms with Crippen molar-refractivity contribution in [3.8, 4) is 0 Å². The number of carboxylic acid groups (broad SMARTS) is 1. The summed E-state index contributed by atoms with van der Waals surface area (Å²) < 4.78 is 0. The lowest BCUT2D eigenvalue weighted by atomic mass is 10.00. The highest BCUT2D eigenvalue weighted by atomic mass is 16.4. The Morgan fingerprint density at radius 2 is 1.87 bits per heavy atom. The second kappa shape index (κ2) is 8.24. The van der Waals surface area contributed by atoms with Crippen LogP contribution in [0.2, 0.25) is 0 Å². The van der Waals surface area contributed by atoms with E-state index in [4.69, 9.17) is 9.90 Å². The van der Waals surface area contributed by atoms with Gasteiger partial charge >= 0.3 is 0 Å². The minimum absolute atomic E-state index is 0.540. The lowest BCUT2D eigenvalue weighted by Gasteiger charge is -2.16. The number of carboxylic acids is 1. The second-order valence-electron chi connectivity index (χ2n) is 4.05. The van der Waals surface area contributed by atoms with Crippen LogP contribution < -0.4 is 0 Å². The average Bonchev–Trinajstić information content (AvgIpc) is 2.00. The van der Waals surface area contributed by atoms with Gasteiger partial charge in [0.25, 0.3) is 5.97 Å². The van der Waals surface area contributed by atoms with Crippen molar-refractivity contribution < 1.29 is 15.0 Å². The number of hydrogen-bond acceptors (Lipinski definition) is 2. The van der Waals surface area contributed by atoms with Crippen LogP contribution in [0.3, 0.4) is 0 Å². The Labute approximate surface area is 92.1 Å². The normalized spacial score (nSPS) is 9.87. The van der Waals surface area contributed by atoms with Gasteiger partial charge in [-0.05, 0) is 33.1 Å². The highest BCUT2D eigenvalue weighted by Gasteiger charge is 2.10. The summed E-state index contributed by atoms with van der Waals surface area (Å²) in [6.45, 7) is 12.1. The Morgan fingerprint density at radius 1 is 1.47 bits per heavy atom. The molecule has 0 aliphatic heterocycles. The molecular formula is C12H22O3. The summed E-state index contributed by atoms with van der Waals surface area (Å²) in [6, 6.07) is 0. The number of rotatable bonds is 5. The molecule has 0 heterocycles. The topological polar surface area (TPSA) is 57.5 Å². The van der Waals surface area contributed by atoms with E-state index in [2.05, 4.69) is 13.2 Å². The number of hydrogen-bond donors (Lipinski definition) is 2. The first kappa shape index (κ1) is 16.3. The molecule has 0 unspecified atom stereocenters. The molecule has 0 saturated heterocycles. The van der Waals surface area contributed by atoms with E-state index in [0.29, 0.717) is 0 Å². The average molecular weight is 214 g/mol. The van der Waals surface area contributed by atoms with Crippen LogP contribution in [0.4, 0.5) is 0 Å². The van der Waals surface area contributed by atoms with Crippen LogP contribution in [-0.4, -0.2) is 21.8 Å².